The van der Waals surface area contributed by atoms with Gasteiger partial charge in [-0.25, -0.2) is 4.98 Å². The normalized spacial score (nSPS) is 12.0. The maximum Gasteiger partial charge on any atom is 0.266 e. The van der Waals surface area contributed by atoms with E-state index in [0.717, 1.165) is 22.1 Å². The number of thioether (sulfide) groups is 1. The van der Waals surface area contributed by atoms with Crippen molar-refractivity contribution in [2.45, 2.75) is 23.8 Å². The van der Waals surface area contributed by atoms with Gasteiger partial charge in [0.25, 0.3) is 5.56 Å². The number of aromatic nitrogens is 2. The molecule has 0 radical (unpaired) electrons. The van der Waals surface area contributed by atoms with Gasteiger partial charge in [0.2, 0.25) is 5.91 Å². The number of amides is 1. The summed E-state index contributed by atoms with van der Waals surface area (Å²) in [7, 11) is 0. The zero-order chi connectivity index (χ0) is 23.5. The summed E-state index contributed by atoms with van der Waals surface area (Å²) in [5.74, 6) is -0.120. The average molecular weight is 466 g/mol. The van der Waals surface area contributed by atoms with Crippen LogP contribution in [-0.4, -0.2) is 20.7 Å². The highest BCUT2D eigenvalue weighted by atomic mass is 32.2. The first kappa shape index (κ1) is 21.9. The first-order valence-electron chi connectivity index (χ1n) is 11.2. The molecule has 0 aliphatic rings. The third-order valence-electron chi connectivity index (χ3n) is 5.72. The lowest BCUT2D eigenvalue weighted by Gasteiger charge is -2.18. The summed E-state index contributed by atoms with van der Waals surface area (Å²) in [6.07, 6.45) is 0.582. The minimum atomic E-state index is -0.429. The van der Waals surface area contributed by atoms with Crippen LogP contribution in [0.5, 0.6) is 0 Å². The van der Waals surface area contributed by atoms with Gasteiger partial charge in [-0.1, -0.05) is 85.4 Å². The Kier molecular flexibility index (Phi) is 6.14. The molecule has 6 heteroatoms. The van der Waals surface area contributed by atoms with Crippen molar-refractivity contribution in [2.75, 3.05) is 5.32 Å². The molecular weight excluding hydrogens is 442 g/mol. The van der Waals surface area contributed by atoms with E-state index in [0.29, 0.717) is 22.5 Å². The summed E-state index contributed by atoms with van der Waals surface area (Å²) in [6, 6.07) is 30.5. The van der Waals surface area contributed by atoms with Crippen molar-refractivity contribution in [3.05, 3.63) is 107 Å². The van der Waals surface area contributed by atoms with Gasteiger partial charge < -0.3 is 5.32 Å². The third kappa shape index (κ3) is 4.20. The second kappa shape index (κ2) is 9.53. The highest BCUT2D eigenvalue weighted by molar-refractivity contribution is 8.00. The number of fused-ring (bicyclic) bond motifs is 2. The second-order valence-electron chi connectivity index (χ2n) is 7.92. The lowest BCUT2D eigenvalue weighted by atomic mass is 10.1. The van der Waals surface area contributed by atoms with Crippen LogP contribution in [0.2, 0.25) is 0 Å². The van der Waals surface area contributed by atoms with E-state index >= 15 is 0 Å². The molecule has 1 N–H and O–H groups in total. The SMILES string of the molecule is CCC(Sc1nc2ccccc2c(=O)n1-c1ccccc1)C(=O)Nc1cccc2ccccc12. The topological polar surface area (TPSA) is 64.0 Å². The van der Waals surface area contributed by atoms with Crippen LogP contribution < -0.4 is 10.9 Å². The number of carbonyl (C=O) groups excluding carboxylic acids is 1. The average Bonchev–Trinajstić information content (AvgIpc) is 2.88. The molecule has 0 aliphatic carbocycles. The van der Waals surface area contributed by atoms with E-state index in [1.165, 1.54) is 11.8 Å². The maximum absolute atomic E-state index is 13.4. The highest BCUT2D eigenvalue weighted by Gasteiger charge is 2.23. The first-order valence-corrected chi connectivity index (χ1v) is 12.1. The fraction of sp³-hybridized carbons (Fsp3) is 0.107. The number of carbonyl (C=O) groups is 1. The Balaban J connectivity index is 1.53. The zero-order valence-corrected chi connectivity index (χ0v) is 19.5. The molecular formula is C28H23N3O2S. The molecule has 0 spiro atoms. The van der Waals surface area contributed by atoms with Gasteiger partial charge in [0.15, 0.2) is 5.16 Å². The summed E-state index contributed by atoms with van der Waals surface area (Å²) in [5, 5.41) is 5.76. The molecule has 5 aromatic rings. The smallest absolute Gasteiger partial charge is 0.266 e. The molecule has 4 aromatic carbocycles. The molecule has 1 aromatic heterocycles. The summed E-state index contributed by atoms with van der Waals surface area (Å²) in [5.41, 5.74) is 1.96. The molecule has 0 bridgehead atoms. The van der Waals surface area contributed by atoms with Crippen molar-refractivity contribution in [1.29, 1.82) is 0 Å². The standard InChI is InChI=1S/C28H23N3O2S/c1-2-25(26(32)29-23-18-10-12-19-11-6-7-15-21(19)23)34-28-30-24-17-9-8-16-22(24)27(33)31(28)20-13-4-3-5-14-20/h3-18,25H,2H2,1H3,(H,29,32). The van der Waals surface area contributed by atoms with Crippen LogP contribution in [0.15, 0.2) is 107 Å². The Morgan fingerprint density at radius 1 is 0.882 bits per heavy atom. The van der Waals surface area contributed by atoms with Gasteiger partial charge in [-0.3, -0.25) is 14.2 Å². The lowest BCUT2D eigenvalue weighted by Crippen LogP contribution is -2.27. The van der Waals surface area contributed by atoms with E-state index in [9.17, 15) is 9.59 Å². The van der Waals surface area contributed by atoms with Gasteiger partial charge in [0.05, 0.1) is 21.8 Å². The monoisotopic (exact) mass is 465 g/mol. The third-order valence-corrected chi connectivity index (χ3v) is 7.03. The van der Waals surface area contributed by atoms with Crippen molar-refractivity contribution < 1.29 is 4.79 Å². The lowest BCUT2D eigenvalue weighted by molar-refractivity contribution is -0.115. The van der Waals surface area contributed by atoms with Crippen LogP contribution in [0.3, 0.4) is 0 Å². The van der Waals surface area contributed by atoms with Gasteiger partial charge in [0, 0.05) is 11.1 Å². The van der Waals surface area contributed by atoms with Gasteiger partial charge in [-0.2, -0.15) is 0 Å². The molecule has 34 heavy (non-hydrogen) atoms. The van der Waals surface area contributed by atoms with Crippen LogP contribution in [0.4, 0.5) is 5.69 Å². The summed E-state index contributed by atoms with van der Waals surface area (Å²) >= 11 is 1.31. The number of nitrogens with one attached hydrogen (secondary N) is 1. The van der Waals surface area contributed by atoms with Crippen LogP contribution in [0, 0.1) is 0 Å². The second-order valence-corrected chi connectivity index (χ2v) is 9.09. The minimum absolute atomic E-state index is 0.120. The Morgan fingerprint density at radius 3 is 2.35 bits per heavy atom. The number of para-hydroxylation sites is 2. The molecule has 1 atom stereocenters. The van der Waals surface area contributed by atoms with E-state index in [1.54, 1.807) is 10.6 Å². The van der Waals surface area contributed by atoms with Crippen molar-refractivity contribution in [1.82, 2.24) is 9.55 Å². The molecule has 168 valence electrons. The predicted octanol–water partition coefficient (Wildman–Crippen LogP) is 6.05. The number of hydrogen-bond donors (Lipinski definition) is 1. The minimum Gasteiger partial charge on any atom is -0.325 e. The summed E-state index contributed by atoms with van der Waals surface area (Å²) < 4.78 is 1.60. The van der Waals surface area contributed by atoms with E-state index in [1.807, 2.05) is 97.9 Å². The fourth-order valence-electron chi connectivity index (χ4n) is 3.99. The molecule has 0 aliphatic heterocycles. The molecule has 1 unspecified atom stereocenters. The number of nitrogens with zero attached hydrogens (tertiary/aromatic N) is 2. The van der Waals surface area contributed by atoms with Gasteiger partial charge in [0.1, 0.15) is 0 Å². The van der Waals surface area contributed by atoms with Crippen molar-refractivity contribution in [3.63, 3.8) is 0 Å². The van der Waals surface area contributed by atoms with E-state index in [2.05, 4.69) is 5.32 Å². The quantitative estimate of drug-likeness (QED) is 0.245. The van der Waals surface area contributed by atoms with Gasteiger partial charge in [-0.15, -0.1) is 0 Å². The van der Waals surface area contributed by atoms with Crippen LogP contribution in [-0.2, 0) is 4.79 Å². The number of anilines is 1. The molecule has 0 saturated heterocycles. The van der Waals surface area contributed by atoms with E-state index < -0.39 is 5.25 Å². The number of benzene rings is 4. The fourth-order valence-corrected chi connectivity index (χ4v) is 5.03. The Hall–Kier alpha value is -3.90. The number of hydrogen-bond acceptors (Lipinski definition) is 4. The van der Waals surface area contributed by atoms with Gasteiger partial charge >= 0.3 is 0 Å². The Bertz CT molecular complexity index is 1540. The van der Waals surface area contributed by atoms with Gasteiger partial charge in [-0.05, 0) is 42.1 Å². The molecule has 1 heterocycles. The molecule has 5 rings (SSSR count). The first-order chi connectivity index (χ1) is 16.7. The zero-order valence-electron chi connectivity index (χ0n) is 18.6. The van der Waals surface area contributed by atoms with Crippen LogP contribution >= 0.6 is 11.8 Å². The molecule has 5 nitrogen and oxygen atoms in total. The Labute approximate surface area is 201 Å². The largest absolute Gasteiger partial charge is 0.325 e. The summed E-state index contributed by atoms with van der Waals surface area (Å²) in [4.78, 5) is 31.6. The van der Waals surface area contributed by atoms with E-state index in [-0.39, 0.29) is 11.5 Å². The van der Waals surface area contributed by atoms with Crippen molar-refractivity contribution >= 4 is 45.0 Å². The van der Waals surface area contributed by atoms with E-state index in [4.69, 9.17) is 4.98 Å². The highest BCUT2D eigenvalue weighted by Crippen LogP contribution is 2.29. The van der Waals surface area contributed by atoms with Crippen molar-refractivity contribution in [3.8, 4) is 5.69 Å². The molecule has 1 amide bonds. The molecule has 0 fully saturated rings. The maximum atomic E-state index is 13.4. The van der Waals surface area contributed by atoms with Crippen molar-refractivity contribution in [2.24, 2.45) is 0 Å². The predicted molar refractivity (Wildman–Crippen MR) is 140 cm³/mol. The van der Waals surface area contributed by atoms with Crippen LogP contribution in [0.1, 0.15) is 13.3 Å². The van der Waals surface area contributed by atoms with Crippen LogP contribution in [0.25, 0.3) is 27.4 Å². The number of rotatable bonds is 6. The summed E-state index contributed by atoms with van der Waals surface area (Å²) in [6.45, 7) is 1.96. The molecule has 0 saturated carbocycles. The Morgan fingerprint density at radius 2 is 1.56 bits per heavy atom.